The second kappa shape index (κ2) is 4.89. The maximum Gasteiger partial charge on any atom is 0.0521 e. The lowest BCUT2D eigenvalue weighted by Crippen LogP contribution is -1.91. The molecule has 0 fully saturated rings. The topological polar surface area (TPSA) is 17.8 Å². The highest BCUT2D eigenvalue weighted by Gasteiger charge is 2.03. The zero-order chi connectivity index (χ0) is 11.5. The van der Waals surface area contributed by atoms with E-state index in [1.165, 1.54) is 5.56 Å². The zero-order valence-electron chi connectivity index (χ0n) is 8.95. The fraction of sp³-hybridized carbons (Fsp3) is 0.250. The molecule has 0 saturated carbocycles. The summed E-state index contributed by atoms with van der Waals surface area (Å²) < 4.78 is 1.80. The Morgan fingerprint density at radius 1 is 1.25 bits per heavy atom. The van der Waals surface area contributed by atoms with E-state index in [2.05, 4.69) is 5.10 Å². The number of hydrogen-bond acceptors (Lipinski definition) is 1. The van der Waals surface area contributed by atoms with E-state index in [4.69, 9.17) is 23.2 Å². The van der Waals surface area contributed by atoms with Crippen molar-refractivity contribution < 1.29 is 0 Å². The molecule has 0 saturated heterocycles. The van der Waals surface area contributed by atoms with E-state index in [0.29, 0.717) is 5.02 Å². The van der Waals surface area contributed by atoms with Crippen LogP contribution in [-0.4, -0.2) is 9.78 Å². The molecule has 4 heteroatoms. The summed E-state index contributed by atoms with van der Waals surface area (Å²) in [7, 11) is 1.92. The van der Waals surface area contributed by atoms with Crippen LogP contribution in [0.15, 0.2) is 30.6 Å². The first-order valence-corrected chi connectivity index (χ1v) is 5.82. The molecule has 0 amide bonds. The molecular weight excluding hydrogens is 243 g/mol. The van der Waals surface area contributed by atoms with Crippen molar-refractivity contribution in [2.24, 2.45) is 7.05 Å². The van der Waals surface area contributed by atoms with Crippen LogP contribution in [0.5, 0.6) is 0 Å². The normalized spacial score (nSPS) is 10.7. The van der Waals surface area contributed by atoms with Crippen LogP contribution in [0.2, 0.25) is 10.0 Å². The van der Waals surface area contributed by atoms with Crippen LogP contribution < -0.4 is 0 Å². The third-order valence-corrected chi connectivity index (χ3v) is 3.04. The first-order valence-electron chi connectivity index (χ1n) is 5.06. The van der Waals surface area contributed by atoms with Gasteiger partial charge in [-0.3, -0.25) is 4.68 Å². The van der Waals surface area contributed by atoms with Crippen LogP contribution >= 0.6 is 23.2 Å². The second-order valence-corrected chi connectivity index (χ2v) is 4.60. The SMILES string of the molecule is Cn1cc(CCc2ccc(Cl)cc2Cl)cn1. The molecule has 16 heavy (non-hydrogen) atoms. The standard InChI is InChI=1S/C12H12Cl2N2/c1-16-8-9(7-15-16)2-3-10-4-5-11(13)6-12(10)14/h4-8H,2-3H2,1H3. The summed E-state index contributed by atoms with van der Waals surface area (Å²) in [6, 6.07) is 5.62. The molecule has 0 aliphatic heterocycles. The lowest BCUT2D eigenvalue weighted by molar-refractivity contribution is 0.766. The van der Waals surface area contributed by atoms with E-state index in [1.807, 2.05) is 31.6 Å². The van der Waals surface area contributed by atoms with Gasteiger partial charge in [0, 0.05) is 23.3 Å². The predicted molar refractivity (Wildman–Crippen MR) is 67.1 cm³/mol. The minimum absolute atomic E-state index is 0.676. The van der Waals surface area contributed by atoms with E-state index in [0.717, 1.165) is 23.4 Å². The zero-order valence-corrected chi connectivity index (χ0v) is 10.5. The lowest BCUT2D eigenvalue weighted by Gasteiger charge is -2.03. The molecule has 0 atom stereocenters. The Kier molecular flexibility index (Phi) is 3.52. The number of benzene rings is 1. The van der Waals surface area contributed by atoms with Crippen LogP contribution in [0.25, 0.3) is 0 Å². The van der Waals surface area contributed by atoms with Gasteiger partial charge in [-0.2, -0.15) is 5.10 Å². The molecular formula is C12H12Cl2N2. The molecule has 0 aliphatic rings. The Balaban J connectivity index is 2.04. The van der Waals surface area contributed by atoms with Crippen LogP contribution in [0, 0.1) is 0 Å². The van der Waals surface area contributed by atoms with Crippen LogP contribution in [0.1, 0.15) is 11.1 Å². The van der Waals surface area contributed by atoms with Crippen molar-refractivity contribution in [2.45, 2.75) is 12.8 Å². The average Bonchev–Trinajstić information content (AvgIpc) is 2.63. The van der Waals surface area contributed by atoms with Gasteiger partial charge in [0.15, 0.2) is 0 Å². The number of aromatic nitrogens is 2. The summed E-state index contributed by atoms with van der Waals surface area (Å²) in [4.78, 5) is 0. The molecule has 2 aromatic rings. The van der Waals surface area contributed by atoms with Crippen molar-refractivity contribution in [3.63, 3.8) is 0 Å². The molecule has 0 bridgehead atoms. The Hall–Kier alpha value is -0.990. The molecule has 0 N–H and O–H groups in total. The van der Waals surface area contributed by atoms with Gasteiger partial charge in [0.2, 0.25) is 0 Å². The van der Waals surface area contributed by atoms with E-state index >= 15 is 0 Å². The van der Waals surface area contributed by atoms with Gasteiger partial charge in [-0.15, -0.1) is 0 Å². The lowest BCUT2D eigenvalue weighted by atomic mass is 10.1. The summed E-state index contributed by atoms with van der Waals surface area (Å²) in [6.07, 6.45) is 5.74. The van der Waals surface area contributed by atoms with Gasteiger partial charge < -0.3 is 0 Å². The molecule has 0 spiro atoms. The highest BCUT2D eigenvalue weighted by Crippen LogP contribution is 2.22. The molecule has 1 aromatic heterocycles. The van der Waals surface area contributed by atoms with Crippen molar-refractivity contribution in [2.75, 3.05) is 0 Å². The van der Waals surface area contributed by atoms with E-state index in [-0.39, 0.29) is 0 Å². The average molecular weight is 255 g/mol. The van der Waals surface area contributed by atoms with Crippen LogP contribution in [-0.2, 0) is 19.9 Å². The van der Waals surface area contributed by atoms with Gasteiger partial charge in [0.1, 0.15) is 0 Å². The molecule has 2 nitrogen and oxygen atoms in total. The first-order chi connectivity index (χ1) is 7.65. The molecule has 1 aromatic carbocycles. The van der Waals surface area contributed by atoms with Gasteiger partial charge in [-0.25, -0.2) is 0 Å². The van der Waals surface area contributed by atoms with E-state index in [1.54, 1.807) is 10.7 Å². The summed E-state index contributed by atoms with van der Waals surface area (Å²) >= 11 is 11.9. The maximum absolute atomic E-state index is 6.10. The quantitative estimate of drug-likeness (QED) is 0.820. The smallest absolute Gasteiger partial charge is 0.0521 e. The highest BCUT2D eigenvalue weighted by atomic mass is 35.5. The van der Waals surface area contributed by atoms with Crippen molar-refractivity contribution in [1.82, 2.24) is 9.78 Å². The Labute approximate surface area is 105 Å². The maximum atomic E-state index is 6.10. The summed E-state index contributed by atoms with van der Waals surface area (Å²) in [5, 5.41) is 5.54. The van der Waals surface area contributed by atoms with Gasteiger partial charge in [0.05, 0.1) is 6.20 Å². The largest absolute Gasteiger partial charge is 0.276 e. The number of hydrogen-bond donors (Lipinski definition) is 0. The number of nitrogens with zero attached hydrogens (tertiary/aromatic N) is 2. The van der Waals surface area contributed by atoms with Crippen molar-refractivity contribution in [3.8, 4) is 0 Å². The Bertz CT molecular complexity index is 492. The second-order valence-electron chi connectivity index (χ2n) is 3.76. The molecule has 1 heterocycles. The number of halogens is 2. The summed E-state index contributed by atoms with van der Waals surface area (Å²) in [5.74, 6) is 0. The minimum atomic E-state index is 0.676. The predicted octanol–water partition coefficient (Wildman–Crippen LogP) is 3.51. The van der Waals surface area contributed by atoms with Crippen LogP contribution in [0.4, 0.5) is 0 Å². The van der Waals surface area contributed by atoms with Crippen molar-refractivity contribution in [1.29, 1.82) is 0 Å². The third kappa shape index (κ3) is 2.77. The fourth-order valence-corrected chi connectivity index (χ4v) is 2.11. The molecule has 2 rings (SSSR count). The first kappa shape index (κ1) is 11.5. The monoisotopic (exact) mass is 254 g/mol. The Morgan fingerprint density at radius 2 is 2.06 bits per heavy atom. The number of aryl methyl sites for hydroxylation is 3. The van der Waals surface area contributed by atoms with Gasteiger partial charge in [0.25, 0.3) is 0 Å². The summed E-state index contributed by atoms with van der Waals surface area (Å²) in [5.41, 5.74) is 2.34. The van der Waals surface area contributed by atoms with Gasteiger partial charge in [-0.05, 0) is 36.1 Å². The van der Waals surface area contributed by atoms with E-state index < -0.39 is 0 Å². The van der Waals surface area contributed by atoms with E-state index in [9.17, 15) is 0 Å². The Morgan fingerprint density at radius 3 is 2.69 bits per heavy atom. The summed E-state index contributed by atoms with van der Waals surface area (Å²) in [6.45, 7) is 0. The molecule has 0 aliphatic carbocycles. The van der Waals surface area contributed by atoms with Gasteiger partial charge >= 0.3 is 0 Å². The fourth-order valence-electron chi connectivity index (χ4n) is 1.60. The molecule has 0 unspecified atom stereocenters. The number of rotatable bonds is 3. The van der Waals surface area contributed by atoms with Gasteiger partial charge in [-0.1, -0.05) is 29.3 Å². The van der Waals surface area contributed by atoms with Crippen LogP contribution in [0.3, 0.4) is 0 Å². The highest BCUT2D eigenvalue weighted by molar-refractivity contribution is 6.35. The minimum Gasteiger partial charge on any atom is -0.276 e. The van der Waals surface area contributed by atoms with Crippen molar-refractivity contribution in [3.05, 3.63) is 51.8 Å². The van der Waals surface area contributed by atoms with Crippen molar-refractivity contribution >= 4 is 23.2 Å². The third-order valence-electron chi connectivity index (χ3n) is 2.46. The molecule has 0 radical (unpaired) electrons. The molecule has 84 valence electrons.